The SMILES string of the molecule is COc1cc2nccc(-c3ccc(CN(C)[SH](=O)=O)cc3)c2cc1OC. The molecule has 0 amide bonds. The normalized spacial score (nSPS) is 11.3. The number of methoxy groups -OCH3 is 2. The highest BCUT2D eigenvalue weighted by atomic mass is 32.2. The smallest absolute Gasteiger partial charge is 0.203 e. The van der Waals surface area contributed by atoms with Gasteiger partial charge in [-0.05, 0) is 28.8 Å². The van der Waals surface area contributed by atoms with E-state index in [1.165, 1.54) is 4.31 Å². The van der Waals surface area contributed by atoms with Gasteiger partial charge >= 0.3 is 0 Å². The molecular formula is C19H20N2O4S. The van der Waals surface area contributed by atoms with Crippen molar-refractivity contribution in [3.8, 4) is 22.6 Å². The molecule has 136 valence electrons. The minimum absolute atomic E-state index is 0.348. The zero-order chi connectivity index (χ0) is 18.7. The van der Waals surface area contributed by atoms with Crippen LogP contribution < -0.4 is 9.47 Å². The van der Waals surface area contributed by atoms with Crippen LogP contribution in [0.1, 0.15) is 5.56 Å². The highest BCUT2D eigenvalue weighted by Gasteiger charge is 2.11. The molecule has 0 bridgehead atoms. The summed E-state index contributed by atoms with van der Waals surface area (Å²) in [5, 5.41) is 0.956. The summed E-state index contributed by atoms with van der Waals surface area (Å²) in [5.74, 6) is 1.28. The van der Waals surface area contributed by atoms with Gasteiger partial charge in [-0.1, -0.05) is 24.3 Å². The number of thiol groups is 1. The zero-order valence-electron chi connectivity index (χ0n) is 14.8. The highest BCUT2D eigenvalue weighted by molar-refractivity contribution is 7.69. The van der Waals surface area contributed by atoms with Crippen LogP contribution in [-0.4, -0.2) is 39.0 Å². The summed E-state index contributed by atoms with van der Waals surface area (Å²) >= 11 is 0. The van der Waals surface area contributed by atoms with Crippen LogP contribution in [0.3, 0.4) is 0 Å². The number of ether oxygens (including phenoxy) is 2. The lowest BCUT2D eigenvalue weighted by atomic mass is 10.00. The lowest BCUT2D eigenvalue weighted by Gasteiger charge is -2.12. The van der Waals surface area contributed by atoms with Gasteiger partial charge in [-0.3, -0.25) is 4.98 Å². The summed E-state index contributed by atoms with van der Waals surface area (Å²) in [5.41, 5.74) is 3.77. The number of fused-ring (bicyclic) bond motifs is 1. The second-order valence-corrected chi connectivity index (χ2v) is 6.99. The Labute approximate surface area is 154 Å². The summed E-state index contributed by atoms with van der Waals surface area (Å²) in [7, 11) is 2.18. The quantitative estimate of drug-likeness (QED) is 0.674. The number of pyridine rings is 1. The third-order valence-corrected chi connectivity index (χ3v) is 4.90. The van der Waals surface area contributed by atoms with Crippen LogP contribution in [0, 0.1) is 0 Å². The molecule has 0 aliphatic carbocycles. The summed E-state index contributed by atoms with van der Waals surface area (Å²) < 4.78 is 34.0. The Kier molecular flexibility index (Phi) is 5.39. The fraction of sp³-hybridized carbons (Fsp3) is 0.211. The molecule has 7 heteroatoms. The monoisotopic (exact) mass is 372 g/mol. The molecule has 2 aromatic carbocycles. The molecule has 0 spiro atoms. The first-order valence-corrected chi connectivity index (χ1v) is 9.12. The molecule has 0 saturated carbocycles. The second-order valence-electron chi connectivity index (χ2n) is 5.83. The van der Waals surface area contributed by atoms with Crippen LogP contribution >= 0.6 is 0 Å². The molecule has 26 heavy (non-hydrogen) atoms. The van der Waals surface area contributed by atoms with E-state index >= 15 is 0 Å². The van der Waals surface area contributed by atoms with E-state index in [1.54, 1.807) is 27.5 Å². The predicted molar refractivity (Wildman–Crippen MR) is 102 cm³/mol. The van der Waals surface area contributed by atoms with Gasteiger partial charge in [-0.2, -0.15) is 0 Å². The van der Waals surface area contributed by atoms with Crippen LogP contribution in [0.2, 0.25) is 0 Å². The second kappa shape index (κ2) is 7.72. The average Bonchev–Trinajstić information content (AvgIpc) is 2.66. The predicted octanol–water partition coefficient (Wildman–Crippen LogP) is 2.88. The van der Waals surface area contributed by atoms with Crippen LogP contribution in [0.5, 0.6) is 11.5 Å². The first kappa shape index (κ1) is 18.2. The molecule has 3 aromatic rings. The van der Waals surface area contributed by atoms with Gasteiger partial charge in [0, 0.05) is 31.2 Å². The number of benzene rings is 2. The fourth-order valence-corrected chi connectivity index (χ4v) is 3.11. The van der Waals surface area contributed by atoms with Gasteiger partial charge in [0.15, 0.2) is 11.5 Å². The standard InChI is InChI=1S/C19H20N2O4S/c1-21(26(22)23)12-13-4-6-14(7-5-13)15-8-9-20-17-11-19(25-3)18(24-2)10-16(15)17/h4-11,26H,12H2,1-3H3. The Morgan fingerprint density at radius 1 is 1.00 bits per heavy atom. The lowest BCUT2D eigenvalue weighted by Crippen LogP contribution is -2.15. The minimum atomic E-state index is -2.57. The summed E-state index contributed by atoms with van der Waals surface area (Å²) in [4.78, 5) is 4.42. The van der Waals surface area contributed by atoms with Crippen LogP contribution in [0.25, 0.3) is 22.0 Å². The molecule has 0 N–H and O–H groups in total. The van der Waals surface area contributed by atoms with E-state index < -0.39 is 10.9 Å². The molecule has 6 nitrogen and oxygen atoms in total. The Hall–Kier alpha value is -2.64. The highest BCUT2D eigenvalue weighted by Crippen LogP contribution is 2.36. The Bertz CT molecular complexity index is 992. The molecule has 0 unspecified atom stereocenters. The molecule has 0 atom stereocenters. The van der Waals surface area contributed by atoms with Crippen molar-refractivity contribution in [2.45, 2.75) is 6.54 Å². The number of hydrogen-bond acceptors (Lipinski definition) is 5. The lowest BCUT2D eigenvalue weighted by molar-refractivity contribution is 0.356. The Morgan fingerprint density at radius 2 is 1.65 bits per heavy atom. The molecule has 0 aliphatic rings. The third-order valence-electron chi connectivity index (χ3n) is 4.20. The Balaban J connectivity index is 2.02. The maximum Gasteiger partial charge on any atom is 0.203 e. The minimum Gasteiger partial charge on any atom is -0.493 e. The molecular weight excluding hydrogens is 352 g/mol. The summed E-state index contributed by atoms with van der Waals surface area (Å²) in [6.07, 6.45) is 1.76. The van der Waals surface area contributed by atoms with E-state index in [0.717, 1.165) is 27.6 Å². The summed E-state index contributed by atoms with van der Waals surface area (Å²) in [6.45, 7) is 0.348. The van der Waals surface area contributed by atoms with Gasteiger partial charge in [0.1, 0.15) is 0 Å². The van der Waals surface area contributed by atoms with Crippen molar-refractivity contribution in [1.82, 2.24) is 9.29 Å². The van der Waals surface area contributed by atoms with Crippen molar-refractivity contribution < 1.29 is 17.9 Å². The summed E-state index contributed by atoms with van der Waals surface area (Å²) in [6, 6.07) is 13.5. The molecule has 0 aliphatic heterocycles. The molecule has 3 rings (SSSR count). The molecule has 1 aromatic heterocycles. The van der Waals surface area contributed by atoms with E-state index in [0.29, 0.717) is 18.0 Å². The molecule has 0 saturated heterocycles. The van der Waals surface area contributed by atoms with Crippen LogP contribution in [0.4, 0.5) is 0 Å². The van der Waals surface area contributed by atoms with Crippen LogP contribution in [0.15, 0.2) is 48.7 Å². The molecule has 0 fully saturated rings. The van der Waals surface area contributed by atoms with E-state index in [1.807, 2.05) is 42.5 Å². The van der Waals surface area contributed by atoms with Gasteiger partial charge in [-0.15, -0.1) is 0 Å². The van der Waals surface area contributed by atoms with Crippen molar-refractivity contribution in [2.24, 2.45) is 0 Å². The van der Waals surface area contributed by atoms with Crippen molar-refractivity contribution in [3.05, 3.63) is 54.2 Å². The number of hydrogen-bond donors (Lipinski definition) is 1. The number of aromatic nitrogens is 1. The van der Waals surface area contributed by atoms with Crippen molar-refractivity contribution in [1.29, 1.82) is 0 Å². The fourth-order valence-electron chi connectivity index (χ4n) is 2.84. The maximum atomic E-state index is 11.0. The molecule has 0 radical (unpaired) electrons. The number of nitrogens with zero attached hydrogens (tertiary/aromatic N) is 2. The van der Waals surface area contributed by atoms with E-state index in [9.17, 15) is 8.42 Å². The van der Waals surface area contributed by atoms with E-state index in [-0.39, 0.29) is 0 Å². The average molecular weight is 372 g/mol. The Morgan fingerprint density at radius 3 is 2.27 bits per heavy atom. The maximum absolute atomic E-state index is 11.0. The van der Waals surface area contributed by atoms with E-state index in [2.05, 4.69) is 4.98 Å². The topological polar surface area (TPSA) is 68.7 Å². The van der Waals surface area contributed by atoms with Crippen molar-refractivity contribution in [3.63, 3.8) is 0 Å². The van der Waals surface area contributed by atoms with E-state index in [4.69, 9.17) is 9.47 Å². The zero-order valence-corrected chi connectivity index (χ0v) is 15.7. The third kappa shape index (κ3) is 3.63. The van der Waals surface area contributed by atoms with Gasteiger partial charge in [-0.25, -0.2) is 12.7 Å². The van der Waals surface area contributed by atoms with Gasteiger partial charge in [0.2, 0.25) is 10.9 Å². The number of rotatable bonds is 6. The van der Waals surface area contributed by atoms with Crippen molar-refractivity contribution >= 4 is 21.8 Å². The van der Waals surface area contributed by atoms with Gasteiger partial charge in [0.25, 0.3) is 0 Å². The molecule has 1 heterocycles. The first-order valence-electron chi connectivity index (χ1n) is 7.99. The van der Waals surface area contributed by atoms with Gasteiger partial charge < -0.3 is 9.47 Å². The first-order chi connectivity index (χ1) is 12.5. The van der Waals surface area contributed by atoms with Gasteiger partial charge in [0.05, 0.1) is 19.7 Å². The van der Waals surface area contributed by atoms with Crippen LogP contribution in [-0.2, 0) is 17.4 Å². The largest absolute Gasteiger partial charge is 0.493 e. The van der Waals surface area contributed by atoms with Crippen molar-refractivity contribution in [2.75, 3.05) is 21.3 Å².